The van der Waals surface area contributed by atoms with E-state index in [9.17, 15) is 14.4 Å². The quantitative estimate of drug-likeness (QED) is 0.789. The second-order valence-corrected chi connectivity index (χ2v) is 4.98. The third kappa shape index (κ3) is 2.74. The number of aryl methyl sites for hydroxylation is 1. The second kappa shape index (κ2) is 5.55. The standard InChI is InChI=1S/C13H18N4O4/c1-4-13(5-2)11(19)17(12(20)15-13)7-10(18)14-9-6-8(3)21-16-9/h6H,4-5,7H2,1-3H3,(H,15,20)(H,14,16,18). The topological polar surface area (TPSA) is 105 Å². The number of urea groups is 1. The van der Waals surface area contributed by atoms with Crippen LogP contribution in [0.2, 0.25) is 0 Å². The van der Waals surface area contributed by atoms with E-state index in [1.807, 2.05) is 13.8 Å². The zero-order chi connectivity index (χ0) is 15.6. The van der Waals surface area contributed by atoms with Crippen LogP contribution in [0.5, 0.6) is 0 Å². The van der Waals surface area contributed by atoms with Gasteiger partial charge in [0.1, 0.15) is 17.8 Å². The minimum Gasteiger partial charge on any atom is -0.360 e. The first-order chi connectivity index (χ1) is 9.91. The maximum Gasteiger partial charge on any atom is 0.325 e. The molecule has 2 heterocycles. The van der Waals surface area contributed by atoms with Gasteiger partial charge in [0.2, 0.25) is 5.91 Å². The van der Waals surface area contributed by atoms with Crippen LogP contribution in [0.3, 0.4) is 0 Å². The van der Waals surface area contributed by atoms with Gasteiger partial charge in [0.05, 0.1) is 0 Å². The number of nitrogens with one attached hydrogen (secondary N) is 2. The second-order valence-electron chi connectivity index (χ2n) is 4.98. The fourth-order valence-corrected chi connectivity index (χ4v) is 2.30. The van der Waals surface area contributed by atoms with E-state index in [1.165, 1.54) is 0 Å². The fourth-order valence-electron chi connectivity index (χ4n) is 2.30. The molecule has 8 nitrogen and oxygen atoms in total. The van der Waals surface area contributed by atoms with Crippen LogP contribution in [-0.2, 0) is 9.59 Å². The van der Waals surface area contributed by atoms with Crippen molar-refractivity contribution in [2.75, 3.05) is 11.9 Å². The predicted octanol–water partition coefficient (Wildman–Crippen LogP) is 1.03. The molecule has 2 rings (SSSR count). The van der Waals surface area contributed by atoms with Crippen molar-refractivity contribution in [1.82, 2.24) is 15.4 Å². The number of imide groups is 1. The van der Waals surface area contributed by atoms with Gasteiger partial charge in [-0.25, -0.2) is 4.79 Å². The molecule has 0 atom stereocenters. The van der Waals surface area contributed by atoms with Crippen molar-refractivity contribution in [3.8, 4) is 0 Å². The summed E-state index contributed by atoms with van der Waals surface area (Å²) in [6.45, 7) is 4.99. The average Bonchev–Trinajstić information content (AvgIpc) is 2.95. The van der Waals surface area contributed by atoms with Crippen LogP contribution in [0.1, 0.15) is 32.4 Å². The molecular weight excluding hydrogens is 276 g/mol. The smallest absolute Gasteiger partial charge is 0.325 e. The van der Waals surface area contributed by atoms with E-state index in [2.05, 4.69) is 15.8 Å². The van der Waals surface area contributed by atoms with Crippen LogP contribution in [-0.4, -0.2) is 40.0 Å². The Hall–Kier alpha value is -2.38. The Kier molecular flexibility index (Phi) is 3.97. The molecule has 0 radical (unpaired) electrons. The third-order valence-corrected chi connectivity index (χ3v) is 3.65. The lowest BCUT2D eigenvalue weighted by Crippen LogP contribution is -2.46. The number of carbonyl (C=O) groups excluding carboxylic acids is 3. The number of hydrogen-bond acceptors (Lipinski definition) is 5. The van der Waals surface area contributed by atoms with Gasteiger partial charge >= 0.3 is 6.03 Å². The third-order valence-electron chi connectivity index (χ3n) is 3.65. The summed E-state index contributed by atoms with van der Waals surface area (Å²) >= 11 is 0. The van der Waals surface area contributed by atoms with Crippen molar-refractivity contribution >= 4 is 23.7 Å². The number of aromatic nitrogens is 1. The molecule has 0 bridgehead atoms. The lowest BCUT2D eigenvalue weighted by atomic mass is 9.93. The highest BCUT2D eigenvalue weighted by molar-refractivity contribution is 6.10. The molecule has 1 aromatic heterocycles. The molecule has 1 fully saturated rings. The lowest BCUT2D eigenvalue weighted by Gasteiger charge is -2.22. The van der Waals surface area contributed by atoms with Gasteiger partial charge in [0.15, 0.2) is 5.82 Å². The van der Waals surface area contributed by atoms with Crippen molar-refractivity contribution in [2.45, 2.75) is 39.2 Å². The number of rotatable bonds is 5. The van der Waals surface area contributed by atoms with Crippen LogP contribution >= 0.6 is 0 Å². The van der Waals surface area contributed by atoms with Gasteiger partial charge in [0, 0.05) is 6.07 Å². The van der Waals surface area contributed by atoms with Gasteiger partial charge in [-0.15, -0.1) is 0 Å². The Morgan fingerprint density at radius 1 is 1.43 bits per heavy atom. The van der Waals surface area contributed by atoms with Gasteiger partial charge in [-0.2, -0.15) is 0 Å². The molecule has 2 N–H and O–H groups in total. The Labute approximate surface area is 121 Å². The maximum atomic E-state index is 12.3. The normalized spacial score (nSPS) is 17.0. The SMILES string of the molecule is CCC1(CC)NC(=O)N(CC(=O)Nc2cc(C)on2)C1=O. The molecule has 8 heteroatoms. The predicted molar refractivity (Wildman–Crippen MR) is 73.4 cm³/mol. The molecule has 21 heavy (non-hydrogen) atoms. The van der Waals surface area contributed by atoms with E-state index in [1.54, 1.807) is 13.0 Å². The van der Waals surface area contributed by atoms with E-state index < -0.39 is 17.5 Å². The largest absolute Gasteiger partial charge is 0.360 e. The van der Waals surface area contributed by atoms with Crippen molar-refractivity contribution in [3.63, 3.8) is 0 Å². The monoisotopic (exact) mass is 294 g/mol. The molecule has 0 aliphatic carbocycles. The summed E-state index contributed by atoms with van der Waals surface area (Å²) in [6.07, 6.45) is 0.962. The van der Waals surface area contributed by atoms with Gasteiger partial charge in [-0.1, -0.05) is 19.0 Å². The Bertz CT molecular complexity index is 576. The van der Waals surface area contributed by atoms with Crippen LogP contribution in [0.15, 0.2) is 10.6 Å². The molecule has 114 valence electrons. The molecule has 0 unspecified atom stereocenters. The van der Waals surface area contributed by atoms with Crippen molar-refractivity contribution in [2.24, 2.45) is 0 Å². The molecule has 1 saturated heterocycles. The van der Waals surface area contributed by atoms with Crippen molar-refractivity contribution in [1.29, 1.82) is 0 Å². The Morgan fingerprint density at radius 2 is 2.10 bits per heavy atom. The first-order valence-electron chi connectivity index (χ1n) is 6.79. The van der Waals surface area contributed by atoms with E-state index in [4.69, 9.17) is 4.52 Å². The van der Waals surface area contributed by atoms with E-state index in [0.29, 0.717) is 18.6 Å². The first-order valence-corrected chi connectivity index (χ1v) is 6.79. The van der Waals surface area contributed by atoms with Crippen LogP contribution in [0.4, 0.5) is 10.6 Å². The number of anilines is 1. The lowest BCUT2D eigenvalue weighted by molar-refractivity contribution is -0.134. The summed E-state index contributed by atoms with van der Waals surface area (Å²) in [7, 11) is 0. The molecule has 0 aromatic carbocycles. The molecule has 0 spiro atoms. The highest BCUT2D eigenvalue weighted by atomic mass is 16.5. The fraction of sp³-hybridized carbons (Fsp3) is 0.538. The first kappa shape index (κ1) is 15.0. The molecule has 0 saturated carbocycles. The summed E-state index contributed by atoms with van der Waals surface area (Å²) in [5.41, 5.74) is -0.901. The number of carbonyl (C=O) groups is 3. The van der Waals surface area contributed by atoms with Gasteiger partial charge in [-0.3, -0.25) is 14.5 Å². The number of nitrogens with zero attached hydrogens (tertiary/aromatic N) is 2. The molecular formula is C13H18N4O4. The highest BCUT2D eigenvalue weighted by Gasteiger charge is 2.49. The average molecular weight is 294 g/mol. The van der Waals surface area contributed by atoms with E-state index in [0.717, 1.165) is 4.90 Å². The summed E-state index contributed by atoms with van der Waals surface area (Å²) in [5.74, 6) is -0.0723. The minimum atomic E-state index is -0.901. The van der Waals surface area contributed by atoms with Gasteiger partial charge in [-0.05, 0) is 19.8 Å². The zero-order valence-corrected chi connectivity index (χ0v) is 12.2. The minimum absolute atomic E-state index is 0.252. The molecule has 1 aromatic rings. The highest BCUT2D eigenvalue weighted by Crippen LogP contribution is 2.24. The van der Waals surface area contributed by atoms with Crippen molar-refractivity contribution < 1.29 is 18.9 Å². The van der Waals surface area contributed by atoms with Gasteiger partial charge < -0.3 is 15.2 Å². The number of amides is 4. The zero-order valence-electron chi connectivity index (χ0n) is 12.2. The van der Waals surface area contributed by atoms with E-state index in [-0.39, 0.29) is 18.3 Å². The van der Waals surface area contributed by atoms with Gasteiger partial charge in [0.25, 0.3) is 5.91 Å². The Morgan fingerprint density at radius 3 is 2.57 bits per heavy atom. The summed E-state index contributed by atoms with van der Waals surface area (Å²) < 4.78 is 4.82. The van der Waals surface area contributed by atoms with E-state index >= 15 is 0 Å². The van der Waals surface area contributed by atoms with Crippen molar-refractivity contribution in [3.05, 3.63) is 11.8 Å². The summed E-state index contributed by atoms with van der Waals surface area (Å²) in [4.78, 5) is 37.0. The Balaban J connectivity index is 2.04. The maximum absolute atomic E-state index is 12.3. The van der Waals surface area contributed by atoms with Crippen LogP contribution < -0.4 is 10.6 Å². The van der Waals surface area contributed by atoms with Crippen LogP contribution in [0.25, 0.3) is 0 Å². The molecule has 1 aliphatic heterocycles. The molecule has 1 aliphatic rings. The number of hydrogen-bond donors (Lipinski definition) is 2. The summed E-state index contributed by atoms with van der Waals surface area (Å²) in [6, 6.07) is 1.00. The summed E-state index contributed by atoms with van der Waals surface area (Å²) in [5, 5.41) is 8.76. The molecule has 4 amide bonds. The van der Waals surface area contributed by atoms with Crippen LogP contribution in [0, 0.1) is 6.92 Å².